The lowest BCUT2D eigenvalue weighted by Crippen LogP contribution is -2.06. The van der Waals surface area contributed by atoms with Gasteiger partial charge in [0.25, 0.3) is 0 Å². The minimum absolute atomic E-state index is 0.0519. The van der Waals surface area contributed by atoms with Crippen LogP contribution in [0.5, 0.6) is 5.75 Å². The van der Waals surface area contributed by atoms with Crippen LogP contribution in [0.25, 0.3) is 22.2 Å². The number of aromatic nitrogens is 4. The Morgan fingerprint density at radius 2 is 1.70 bits per heavy atom. The van der Waals surface area contributed by atoms with Crippen LogP contribution in [0.15, 0.2) is 108 Å². The van der Waals surface area contributed by atoms with E-state index in [1.807, 2.05) is 36.7 Å². The highest BCUT2D eigenvalue weighted by Crippen LogP contribution is 2.33. The van der Waals surface area contributed by atoms with Gasteiger partial charge in [0.2, 0.25) is 0 Å². The van der Waals surface area contributed by atoms with E-state index in [1.54, 1.807) is 7.11 Å². The topological polar surface area (TPSA) is 81.8 Å². The van der Waals surface area contributed by atoms with Crippen molar-refractivity contribution in [2.45, 2.75) is 25.3 Å². The zero-order chi connectivity index (χ0) is 27.5. The van der Waals surface area contributed by atoms with Crippen molar-refractivity contribution in [2.24, 2.45) is 0 Å². The van der Waals surface area contributed by atoms with Gasteiger partial charge in [-0.25, -0.2) is 4.98 Å². The number of hydrogen-bond acceptors (Lipinski definition) is 4. The molecule has 40 heavy (non-hydrogen) atoms. The molecule has 0 aliphatic heterocycles. The molecule has 0 fully saturated rings. The summed E-state index contributed by atoms with van der Waals surface area (Å²) in [6.07, 6.45) is 7.39. The Labute approximate surface area is 242 Å². The van der Waals surface area contributed by atoms with Gasteiger partial charge in [-0.05, 0) is 72.0 Å². The molecule has 6 nitrogen and oxygen atoms in total. The van der Waals surface area contributed by atoms with Crippen LogP contribution in [0.1, 0.15) is 28.3 Å². The third-order valence-electron chi connectivity index (χ3n) is 7.44. The van der Waals surface area contributed by atoms with E-state index in [-0.39, 0.29) is 5.92 Å². The molecule has 200 valence electrons. The smallest absolute Gasteiger partial charge is 0.200 e. The lowest BCUT2D eigenvalue weighted by molar-refractivity contribution is 0.414. The maximum atomic E-state index is 6.53. The number of aryl methyl sites for hydroxylation is 2. The van der Waals surface area contributed by atoms with E-state index in [1.165, 1.54) is 22.1 Å². The number of nitrogens with one attached hydrogen (secondary N) is 1. The molecule has 3 aromatic heterocycles. The number of nitrogens with zero attached hydrogens (tertiary/aromatic N) is 3. The highest BCUT2D eigenvalue weighted by atomic mass is 79.9. The highest BCUT2D eigenvalue weighted by Gasteiger charge is 2.21. The van der Waals surface area contributed by atoms with E-state index in [9.17, 15) is 0 Å². The lowest BCUT2D eigenvalue weighted by Gasteiger charge is -2.16. The first-order valence-electron chi connectivity index (χ1n) is 13.3. The second kappa shape index (κ2) is 11.4. The van der Waals surface area contributed by atoms with Gasteiger partial charge in [-0.3, -0.25) is 4.98 Å². The SMILES string of the molecule is COc1ccc(C(Cc2ccc(Br)cc2)c2cn(CCc3c(-c4ccncc4)[nH]c4ccccc34)c(N)n2)cc1. The molecule has 0 spiro atoms. The number of ether oxygens (including phenoxy) is 1. The van der Waals surface area contributed by atoms with Crippen LogP contribution in [-0.4, -0.2) is 26.6 Å². The first-order chi connectivity index (χ1) is 19.6. The Morgan fingerprint density at radius 1 is 0.950 bits per heavy atom. The average Bonchev–Trinajstić information content (AvgIpc) is 3.56. The molecule has 0 saturated heterocycles. The Bertz CT molecular complexity index is 1720. The molecular weight excluding hydrogens is 562 g/mol. The van der Waals surface area contributed by atoms with Crippen molar-refractivity contribution in [1.82, 2.24) is 19.5 Å². The Kier molecular flexibility index (Phi) is 7.38. The summed E-state index contributed by atoms with van der Waals surface area (Å²) in [5.74, 6) is 1.41. The number of nitrogens with two attached hydrogens (primary N) is 1. The number of hydrogen-bond donors (Lipinski definition) is 2. The van der Waals surface area contributed by atoms with Gasteiger partial charge in [-0.1, -0.05) is 58.4 Å². The van der Waals surface area contributed by atoms with Crippen LogP contribution >= 0.6 is 15.9 Å². The van der Waals surface area contributed by atoms with Gasteiger partial charge in [-0.15, -0.1) is 0 Å². The first-order valence-corrected chi connectivity index (χ1v) is 14.1. The van der Waals surface area contributed by atoms with Gasteiger partial charge in [0.15, 0.2) is 5.95 Å². The van der Waals surface area contributed by atoms with E-state index < -0.39 is 0 Å². The molecule has 0 radical (unpaired) electrons. The number of pyridine rings is 1. The van der Waals surface area contributed by atoms with E-state index >= 15 is 0 Å². The summed E-state index contributed by atoms with van der Waals surface area (Å²) in [5, 5.41) is 1.22. The first kappa shape index (κ1) is 25.9. The van der Waals surface area contributed by atoms with Crippen LogP contribution < -0.4 is 10.5 Å². The molecule has 0 aliphatic carbocycles. The molecule has 3 heterocycles. The third kappa shape index (κ3) is 5.38. The standard InChI is InChI=1S/C33H30BrN5O/c1-40-26-12-8-23(9-13-26)29(20-22-6-10-25(34)11-7-22)31-21-39(33(35)38-31)19-16-28-27-4-2-3-5-30(27)37-32(28)24-14-17-36-18-15-24/h2-15,17-18,21,29,37H,16,19-20H2,1H3,(H2,35,38). The molecule has 0 saturated carbocycles. The number of halogens is 1. The quantitative estimate of drug-likeness (QED) is 0.183. The third-order valence-corrected chi connectivity index (χ3v) is 7.97. The predicted octanol–water partition coefficient (Wildman–Crippen LogP) is 7.40. The zero-order valence-corrected chi connectivity index (χ0v) is 23.8. The summed E-state index contributed by atoms with van der Waals surface area (Å²) in [4.78, 5) is 12.7. The molecule has 6 rings (SSSR count). The molecule has 0 amide bonds. The highest BCUT2D eigenvalue weighted by molar-refractivity contribution is 9.10. The summed E-state index contributed by atoms with van der Waals surface area (Å²) in [6.45, 7) is 0.715. The average molecular weight is 593 g/mol. The number of anilines is 1. The van der Waals surface area contributed by atoms with Crippen molar-refractivity contribution >= 4 is 32.8 Å². The fourth-order valence-corrected chi connectivity index (χ4v) is 5.61. The monoisotopic (exact) mass is 591 g/mol. The van der Waals surface area contributed by atoms with E-state index in [4.69, 9.17) is 15.5 Å². The van der Waals surface area contributed by atoms with Crippen molar-refractivity contribution in [3.05, 3.63) is 130 Å². The van der Waals surface area contributed by atoms with Crippen molar-refractivity contribution in [3.63, 3.8) is 0 Å². The largest absolute Gasteiger partial charge is 0.497 e. The molecule has 6 aromatic rings. The number of H-pyrrole nitrogens is 1. The summed E-state index contributed by atoms with van der Waals surface area (Å²) >= 11 is 3.55. The van der Waals surface area contributed by atoms with Gasteiger partial charge in [-0.2, -0.15) is 0 Å². The summed E-state index contributed by atoms with van der Waals surface area (Å²) in [5.41, 5.74) is 14.5. The Hall–Kier alpha value is -4.36. The molecule has 1 unspecified atom stereocenters. The van der Waals surface area contributed by atoms with Crippen molar-refractivity contribution < 1.29 is 4.74 Å². The van der Waals surface area contributed by atoms with Gasteiger partial charge in [0.1, 0.15) is 5.75 Å². The molecule has 7 heteroatoms. The van der Waals surface area contributed by atoms with E-state index in [0.717, 1.165) is 45.5 Å². The maximum absolute atomic E-state index is 6.53. The lowest BCUT2D eigenvalue weighted by atomic mass is 9.89. The van der Waals surface area contributed by atoms with Crippen molar-refractivity contribution in [1.29, 1.82) is 0 Å². The fourth-order valence-electron chi connectivity index (χ4n) is 5.34. The molecule has 0 aliphatic rings. The minimum Gasteiger partial charge on any atom is -0.497 e. The number of benzene rings is 3. The maximum Gasteiger partial charge on any atom is 0.200 e. The summed E-state index contributed by atoms with van der Waals surface area (Å²) in [6, 6.07) is 29.2. The van der Waals surface area contributed by atoms with Crippen molar-refractivity contribution in [2.75, 3.05) is 12.8 Å². The number of para-hydroxylation sites is 1. The number of imidazole rings is 1. The predicted molar refractivity (Wildman–Crippen MR) is 165 cm³/mol. The number of rotatable bonds is 9. The van der Waals surface area contributed by atoms with Crippen LogP contribution in [-0.2, 0) is 19.4 Å². The molecular formula is C33H30BrN5O. The van der Waals surface area contributed by atoms with E-state index in [2.05, 4.69) is 97.3 Å². The van der Waals surface area contributed by atoms with E-state index in [0.29, 0.717) is 12.5 Å². The van der Waals surface area contributed by atoms with Crippen LogP contribution in [0.4, 0.5) is 5.95 Å². The second-order valence-corrected chi connectivity index (χ2v) is 10.8. The number of aromatic amines is 1. The number of fused-ring (bicyclic) bond motifs is 1. The summed E-state index contributed by atoms with van der Waals surface area (Å²) < 4.78 is 8.54. The minimum atomic E-state index is 0.0519. The number of methoxy groups -OCH3 is 1. The molecule has 0 bridgehead atoms. The van der Waals surface area contributed by atoms with Crippen molar-refractivity contribution in [3.8, 4) is 17.0 Å². The molecule has 1 atom stereocenters. The van der Waals surface area contributed by atoms with Crippen LogP contribution in [0, 0.1) is 0 Å². The van der Waals surface area contributed by atoms with Gasteiger partial charge in [0, 0.05) is 57.7 Å². The van der Waals surface area contributed by atoms with Gasteiger partial charge < -0.3 is 20.0 Å². The van der Waals surface area contributed by atoms with Gasteiger partial charge in [0.05, 0.1) is 12.8 Å². The van der Waals surface area contributed by atoms with Crippen LogP contribution in [0.2, 0.25) is 0 Å². The Balaban J connectivity index is 1.32. The van der Waals surface area contributed by atoms with Gasteiger partial charge >= 0.3 is 0 Å². The van der Waals surface area contributed by atoms with Crippen LogP contribution in [0.3, 0.4) is 0 Å². The zero-order valence-electron chi connectivity index (χ0n) is 22.2. The Morgan fingerprint density at radius 3 is 2.45 bits per heavy atom. The summed E-state index contributed by atoms with van der Waals surface area (Å²) in [7, 11) is 1.69. The second-order valence-electron chi connectivity index (χ2n) is 9.88. The normalized spacial score (nSPS) is 12.1. The molecule has 3 aromatic carbocycles. The number of nitrogen functional groups attached to an aromatic ring is 1. The fraction of sp³-hybridized carbons (Fsp3) is 0.152. The molecule has 3 N–H and O–H groups in total.